The van der Waals surface area contributed by atoms with Crippen LogP contribution in [-0.4, -0.2) is 73.8 Å². The molecule has 0 bridgehead atoms. The number of carboxylic acids is 2. The van der Waals surface area contributed by atoms with E-state index in [4.69, 9.17) is 9.47 Å². The van der Waals surface area contributed by atoms with Crippen molar-refractivity contribution in [3.63, 3.8) is 0 Å². The number of rotatable bonds is 15. The maximum Gasteiger partial charge on any atom is 0.319 e. The van der Waals surface area contributed by atoms with Crippen LogP contribution in [0.1, 0.15) is 55.4 Å². The second-order valence-electron chi connectivity index (χ2n) is 15.1. The van der Waals surface area contributed by atoms with Gasteiger partial charge in [-0.05, 0) is 145 Å². The zero-order valence-corrected chi connectivity index (χ0v) is 35.9. The summed E-state index contributed by atoms with van der Waals surface area (Å²) in [6.45, 7) is 7.80. The third kappa shape index (κ3) is 7.98. The third-order valence-electron chi connectivity index (χ3n) is 11.4. The van der Waals surface area contributed by atoms with E-state index < -0.39 is 55.5 Å². The molecule has 0 aliphatic carbocycles. The second-order valence-corrected chi connectivity index (χ2v) is 19.0. The lowest BCUT2D eigenvalue weighted by molar-refractivity contribution is -0.148. The predicted molar refractivity (Wildman–Crippen MR) is 229 cm³/mol. The summed E-state index contributed by atoms with van der Waals surface area (Å²) < 4.78 is 98.2. The first kappa shape index (κ1) is 44.1. The molecule has 2 N–H and O–H groups in total. The first-order valence-corrected chi connectivity index (χ1v) is 22.8. The van der Waals surface area contributed by atoms with Gasteiger partial charge >= 0.3 is 11.9 Å². The third-order valence-corrected chi connectivity index (χ3v) is 15.4. The van der Waals surface area contributed by atoms with E-state index in [0.29, 0.717) is 23.9 Å². The highest BCUT2D eigenvalue weighted by Gasteiger charge is 2.48. The number of hydrogen-bond acceptors (Lipinski definition) is 8. The molecule has 1 saturated heterocycles. The van der Waals surface area contributed by atoms with Gasteiger partial charge in [-0.3, -0.25) is 9.59 Å². The molecule has 1 unspecified atom stereocenters. The van der Waals surface area contributed by atoms with Crippen molar-refractivity contribution in [1.82, 2.24) is 8.61 Å². The summed E-state index contributed by atoms with van der Waals surface area (Å²) in [6.07, 6.45) is 0.512. The molecule has 1 aliphatic heterocycles. The van der Waals surface area contributed by atoms with E-state index in [-0.39, 0.29) is 78.9 Å². The standard InChI is InChI=1S/C46H44F2N2O10S2/c1-5-49(6-2)61(55,56)36-17-13-34(14-18-36)59-43-28(3)40(23-30-9-11-32(47)25-38(30)43)46(45(53)54,27-42(51)52)41-24-31-10-12-33(48)26-39(31)44(29(41)4)60-35-15-19-37(20-16-35)62(57,58)50-21-7-8-22-50/h9-20,23-26H,5-8,21-22,27H2,1-4H3,(H,51,52)(H,53,54). The van der Waals surface area contributed by atoms with E-state index in [1.165, 1.54) is 120 Å². The number of halogens is 2. The first-order valence-electron chi connectivity index (χ1n) is 19.9. The highest BCUT2D eigenvalue weighted by Crippen LogP contribution is 2.49. The number of carboxylic acid groups (broad SMARTS) is 2. The minimum atomic E-state index is -3.82. The van der Waals surface area contributed by atoms with Gasteiger partial charge in [-0.15, -0.1) is 0 Å². The number of hydrogen-bond donors (Lipinski definition) is 2. The van der Waals surface area contributed by atoms with Crippen LogP contribution in [0.25, 0.3) is 21.5 Å². The van der Waals surface area contributed by atoms with Crippen LogP contribution in [0.3, 0.4) is 0 Å². The quantitative estimate of drug-likeness (QED) is 0.102. The van der Waals surface area contributed by atoms with Crippen LogP contribution in [-0.2, 0) is 35.1 Å². The van der Waals surface area contributed by atoms with Crippen molar-refractivity contribution in [2.75, 3.05) is 26.2 Å². The van der Waals surface area contributed by atoms with Gasteiger partial charge in [-0.1, -0.05) is 26.0 Å². The molecule has 16 heteroatoms. The van der Waals surface area contributed by atoms with Crippen LogP contribution in [0.5, 0.6) is 23.0 Å². The second kappa shape index (κ2) is 17.1. The average molecular weight is 887 g/mol. The monoisotopic (exact) mass is 886 g/mol. The Morgan fingerprint density at radius 2 is 1.11 bits per heavy atom. The van der Waals surface area contributed by atoms with Gasteiger partial charge in [-0.2, -0.15) is 8.61 Å². The van der Waals surface area contributed by atoms with Crippen molar-refractivity contribution in [3.8, 4) is 23.0 Å². The van der Waals surface area contributed by atoms with Crippen molar-refractivity contribution in [3.05, 3.63) is 131 Å². The van der Waals surface area contributed by atoms with E-state index in [1.807, 2.05) is 0 Å². The highest BCUT2D eigenvalue weighted by atomic mass is 32.2. The van der Waals surface area contributed by atoms with Crippen LogP contribution in [0.15, 0.2) is 107 Å². The summed E-state index contributed by atoms with van der Waals surface area (Å²) in [5.74, 6) is -4.03. The van der Waals surface area contributed by atoms with E-state index in [1.54, 1.807) is 13.8 Å². The Balaban J connectivity index is 1.42. The lowest BCUT2D eigenvalue weighted by Crippen LogP contribution is -2.41. The van der Waals surface area contributed by atoms with E-state index in [9.17, 15) is 45.4 Å². The molecule has 1 atom stereocenters. The molecule has 0 spiro atoms. The summed E-state index contributed by atoms with van der Waals surface area (Å²) >= 11 is 0. The van der Waals surface area contributed by atoms with Crippen molar-refractivity contribution in [2.45, 2.75) is 62.2 Å². The van der Waals surface area contributed by atoms with Crippen LogP contribution in [0, 0.1) is 25.5 Å². The van der Waals surface area contributed by atoms with Gasteiger partial charge in [0.05, 0.1) is 16.2 Å². The molecular formula is C46H44F2N2O10S2. The number of aliphatic carboxylic acids is 2. The molecule has 0 aromatic heterocycles. The summed E-state index contributed by atoms with van der Waals surface area (Å²) in [5.41, 5.74) is -2.14. The smallest absolute Gasteiger partial charge is 0.319 e. The lowest BCUT2D eigenvalue weighted by Gasteiger charge is -2.34. The predicted octanol–water partition coefficient (Wildman–Crippen LogP) is 9.13. The summed E-state index contributed by atoms with van der Waals surface area (Å²) in [4.78, 5) is 27.1. The maximum atomic E-state index is 14.9. The number of nitrogens with zero attached hydrogens (tertiary/aromatic N) is 2. The Morgan fingerprint density at radius 3 is 1.52 bits per heavy atom. The van der Waals surface area contributed by atoms with Crippen molar-refractivity contribution >= 4 is 53.5 Å². The number of sulfonamides is 2. The SMILES string of the molecule is CCN(CC)S(=O)(=O)c1ccc(Oc2c(C)c(C(CC(=O)O)(C(=O)O)c3cc4ccc(F)cc4c(Oc4ccc(S(=O)(=O)N5CCCC5)cc4)c3C)cc3ccc(F)cc23)cc1. The van der Waals surface area contributed by atoms with Crippen molar-refractivity contribution in [1.29, 1.82) is 0 Å². The number of ether oxygens (including phenoxy) is 2. The molecule has 0 saturated carbocycles. The first-order chi connectivity index (χ1) is 29.4. The summed E-state index contributed by atoms with van der Waals surface area (Å²) in [5, 5.41) is 23.0. The molecule has 324 valence electrons. The zero-order valence-electron chi connectivity index (χ0n) is 34.3. The molecule has 0 amide bonds. The van der Waals surface area contributed by atoms with Gasteiger partial charge in [0.2, 0.25) is 20.0 Å². The Hall–Kier alpha value is -5.94. The number of fused-ring (bicyclic) bond motifs is 2. The van der Waals surface area contributed by atoms with Gasteiger partial charge in [0.1, 0.15) is 40.0 Å². The fraction of sp³-hybridized carbons (Fsp3) is 0.261. The van der Waals surface area contributed by atoms with Gasteiger partial charge in [-0.25, -0.2) is 25.6 Å². The molecule has 62 heavy (non-hydrogen) atoms. The maximum absolute atomic E-state index is 14.9. The fourth-order valence-electron chi connectivity index (χ4n) is 8.28. The Morgan fingerprint density at radius 1 is 0.677 bits per heavy atom. The van der Waals surface area contributed by atoms with Crippen LogP contribution >= 0.6 is 0 Å². The molecule has 6 aromatic rings. The van der Waals surface area contributed by atoms with E-state index >= 15 is 0 Å². The van der Waals surface area contributed by atoms with Gasteiger partial charge in [0.15, 0.2) is 0 Å². The van der Waals surface area contributed by atoms with Crippen LogP contribution in [0.4, 0.5) is 8.78 Å². The summed E-state index contributed by atoms with van der Waals surface area (Å²) in [7, 11) is -7.59. The number of carbonyl (C=O) groups is 2. The molecule has 7 rings (SSSR count). The van der Waals surface area contributed by atoms with Gasteiger partial charge in [0, 0.05) is 37.0 Å². The average Bonchev–Trinajstić information content (AvgIpc) is 3.79. The zero-order chi connectivity index (χ0) is 44.7. The Bertz CT molecular complexity index is 2780. The van der Waals surface area contributed by atoms with Gasteiger partial charge in [0.25, 0.3) is 0 Å². The minimum Gasteiger partial charge on any atom is -0.481 e. The van der Waals surface area contributed by atoms with E-state index in [2.05, 4.69) is 0 Å². The lowest BCUT2D eigenvalue weighted by atomic mass is 9.68. The molecule has 1 fully saturated rings. The molecule has 1 aliphatic rings. The largest absolute Gasteiger partial charge is 0.481 e. The number of benzene rings is 6. The Labute approximate surface area is 358 Å². The normalized spacial score (nSPS) is 14.6. The fourth-order valence-corrected chi connectivity index (χ4v) is 11.3. The topological polar surface area (TPSA) is 168 Å². The molecule has 12 nitrogen and oxygen atoms in total. The molecule has 1 heterocycles. The highest BCUT2D eigenvalue weighted by molar-refractivity contribution is 7.89. The van der Waals surface area contributed by atoms with Crippen LogP contribution in [0.2, 0.25) is 0 Å². The van der Waals surface area contributed by atoms with Crippen molar-refractivity contribution < 1.29 is 54.9 Å². The molecule has 0 radical (unpaired) electrons. The minimum absolute atomic E-state index is 0.0000886. The molecular weight excluding hydrogens is 843 g/mol. The van der Waals surface area contributed by atoms with Gasteiger partial charge < -0.3 is 19.7 Å². The molecule has 6 aromatic carbocycles. The van der Waals surface area contributed by atoms with Crippen LogP contribution < -0.4 is 9.47 Å². The Kier molecular flexibility index (Phi) is 12.2. The van der Waals surface area contributed by atoms with E-state index in [0.717, 1.165) is 12.8 Å². The van der Waals surface area contributed by atoms with Crippen molar-refractivity contribution in [2.24, 2.45) is 0 Å². The summed E-state index contributed by atoms with van der Waals surface area (Å²) in [6, 6.07) is 21.7.